The molecule has 0 atom stereocenters. The highest BCUT2D eigenvalue weighted by Gasteiger charge is 2.18. The fourth-order valence-corrected chi connectivity index (χ4v) is 8.48. The summed E-state index contributed by atoms with van der Waals surface area (Å²) in [5, 5.41) is 14.4. The van der Waals surface area contributed by atoms with Crippen LogP contribution in [0.15, 0.2) is 164 Å². The molecule has 3 aromatic heterocycles. The molecule has 6 heteroatoms. The Kier molecular flexibility index (Phi) is 6.98. The van der Waals surface area contributed by atoms with E-state index in [0.29, 0.717) is 23.2 Å². The molecule has 3 heterocycles. The van der Waals surface area contributed by atoms with Crippen molar-refractivity contribution in [3.8, 4) is 57.0 Å². The molecule has 52 heavy (non-hydrogen) atoms. The third-order valence-corrected chi connectivity index (χ3v) is 10.8. The van der Waals surface area contributed by atoms with Gasteiger partial charge >= 0.3 is 0 Å². The zero-order chi connectivity index (χ0) is 34.6. The van der Waals surface area contributed by atoms with E-state index in [1.807, 2.05) is 42.5 Å². The summed E-state index contributed by atoms with van der Waals surface area (Å²) in [5.41, 5.74) is 9.06. The number of benzene rings is 7. The second-order valence-electron chi connectivity index (χ2n) is 12.7. The molecule has 0 radical (unpaired) electrons. The van der Waals surface area contributed by atoms with Crippen LogP contribution in [0.3, 0.4) is 0 Å². The molecule has 0 N–H and O–H groups in total. The second-order valence-corrected chi connectivity index (χ2v) is 13.8. The average Bonchev–Trinajstić information content (AvgIpc) is 3.77. The van der Waals surface area contributed by atoms with E-state index in [-0.39, 0.29) is 0 Å². The molecule has 0 saturated heterocycles. The number of para-hydroxylation sites is 2. The number of thiophene rings is 1. The minimum absolute atomic E-state index is 0.577. The van der Waals surface area contributed by atoms with E-state index in [4.69, 9.17) is 15.0 Å². The van der Waals surface area contributed by atoms with Gasteiger partial charge in [0.15, 0.2) is 11.6 Å². The van der Waals surface area contributed by atoms with Crippen molar-refractivity contribution in [3.05, 3.63) is 169 Å². The van der Waals surface area contributed by atoms with Crippen LogP contribution in [0.5, 0.6) is 0 Å². The molecule has 0 aliphatic rings. The quantitative estimate of drug-likeness (QED) is 0.181. The van der Waals surface area contributed by atoms with Gasteiger partial charge in [-0.3, -0.25) is 4.57 Å². The van der Waals surface area contributed by atoms with E-state index in [2.05, 4.69) is 132 Å². The Morgan fingerprint density at radius 3 is 1.73 bits per heavy atom. The Labute approximate surface area is 303 Å². The van der Waals surface area contributed by atoms with Gasteiger partial charge in [-0.25, -0.2) is 4.98 Å². The summed E-state index contributed by atoms with van der Waals surface area (Å²) < 4.78 is 4.44. The van der Waals surface area contributed by atoms with Crippen molar-refractivity contribution in [2.45, 2.75) is 0 Å². The monoisotopic (exact) mass is 681 g/mol. The Morgan fingerprint density at radius 2 is 1.02 bits per heavy atom. The third kappa shape index (κ3) is 4.87. The van der Waals surface area contributed by atoms with Crippen LogP contribution in [0, 0.1) is 11.3 Å². The van der Waals surface area contributed by atoms with Crippen LogP contribution in [0.2, 0.25) is 0 Å². The normalized spacial score (nSPS) is 11.4. The van der Waals surface area contributed by atoms with Gasteiger partial charge in [-0.05, 0) is 58.7 Å². The number of hydrogen-bond acceptors (Lipinski definition) is 5. The van der Waals surface area contributed by atoms with Crippen molar-refractivity contribution in [2.24, 2.45) is 0 Å². The highest BCUT2D eigenvalue weighted by atomic mass is 32.1. The zero-order valence-corrected chi connectivity index (χ0v) is 28.5. The van der Waals surface area contributed by atoms with Crippen LogP contribution >= 0.6 is 11.3 Å². The standard InChI is InChI=1S/C46H27N5S/c47-28-34-15-9-21-40-42(34)43-35(18-10-22-41(43)52-40)33-14-8-13-32(27-33)29-23-25-31(26-24-29)45-48-44(30-11-2-1-3-12-30)49-46(50-45)51-38-19-6-4-16-36(38)37-17-5-7-20-39(37)51/h1-27H. The lowest BCUT2D eigenvalue weighted by molar-refractivity contribution is 0.953. The lowest BCUT2D eigenvalue weighted by atomic mass is 9.94. The van der Waals surface area contributed by atoms with Gasteiger partial charge in [-0.1, -0.05) is 127 Å². The molecule has 5 nitrogen and oxygen atoms in total. The predicted molar refractivity (Wildman–Crippen MR) is 214 cm³/mol. The molecule has 0 aliphatic carbocycles. The van der Waals surface area contributed by atoms with Crippen molar-refractivity contribution in [1.82, 2.24) is 19.5 Å². The lowest BCUT2D eigenvalue weighted by Gasteiger charge is -2.11. The van der Waals surface area contributed by atoms with Crippen molar-refractivity contribution < 1.29 is 0 Å². The summed E-state index contributed by atoms with van der Waals surface area (Å²) >= 11 is 1.73. The van der Waals surface area contributed by atoms with Gasteiger partial charge in [-0.15, -0.1) is 11.3 Å². The van der Waals surface area contributed by atoms with E-state index >= 15 is 0 Å². The summed E-state index contributed by atoms with van der Waals surface area (Å²) in [7, 11) is 0. The first-order valence-electron chi connectivity index (χ1n) is 17.1. The lowest BCUT2D eigenvalue weighted by Crippen LogP contribution is -2.06. The predicted octanol–water partition coefficient (Wildman–Crippen LogP) is 11.9. The molecule has 7 aromatic carbocycles. The maximum atomic E-state index is 9.93. The van der Waals surface area contributed by atoms with Crippen LogP contribution in [0.4, 0.5) is 0 Å². The van der Waals surface area contributed by atoms with Crippen molar-refractivity contribution >= 4 is 53.3 Å². The maximum Gasteiger partial charge on any atom is 0.238 e. The van der Waals surface area contributed by atoms with Crippen LogP contribution in [0.1, 0.15) is 5.56 Å². The molecule has 0 amide bonds. The number of nitrogens with zero attached hydrogens (tertiary/aromatic N) is 5. The zero-order valence-electron chi connectivity index (χ0n) is 27.7. The molecule has 0 bridgehead atoms. The number of fused-ring (bicyclic) bond motifs is 6. The van der Waals surface area contributed by atoms with Crippen LogP contribution in [0.25, 0.3) is 93.0 Å². The van der Waals surface area contributed by atoms with Gasteiger partial charge in [0.1, 0.15) is 0 Å². The number of nitriles is 1. The van der Waals surface area contributed by atoms with Crippen molar-refractivity contribution in [1.29, 1.82) is 5.26 Å². The summed E-state index contributed by atoms with van der Waals surface area (Å²) in [6, 6.07) is 58.7. The van der Waals surface area contributed by atoms with Gasteiger partial charge in [0, 0.05) is 42.1 Å². The maximum absolute atomic E-state index is 9.93. The van der Waals surface area contributed by atoms with Gasteiger partial charge in [0.25, 0.3) is 0 Å². The topological polar surface area (TPSA) is 67.4 Å². The molecule has 0 aliphatic heterocycles. The summed E-state index contributed by atoms with van der Waals surface area (Å²) in [6.45, 7) is 0. The van der Waals surface area contributed by atoms with Crippen LogP contribution in [-0.2, 0) is 0 Å². The van der Waals surface area contributed by atoms with Crippen molar-refractivity contribution in [3.63, 3.8) is 0 Å². The van der Waals surface area contributed by atoms with Crippen molar-refractivity contribution in [2.75, 3.05) is 0 Å². The van der Waals surface area contributed by atoms with Gasteiger partial charge < -0.3 is 0 Å². The number of hydrogen-bond donors (Lipinski definition) is 0. The molecule has 10 aromatic rings. The number of rotatable bonds is 5. The third-order valence-electron chi connectivity index (χ3n) is 9.73. The van der Waals surface area contributed by atoms with Crippen LogP contribution in [-0.4, -0.2) is 19.5 Å². The molecule has 0 spiro atoms. The Balaban J connectivity index is 1.08. The van der Waals surface area contributed by atoms with Gasteiger partial charge in [0.05, 0.1) is 22.7 Å². The van der Waals surface area contributed by atoms with Gasteiger partial charge in [-0.2, -0.15) is 15.2 Å². The Morgan fingerprint density at radius 1 is 0.462 bits per heavy atom. The SMILES string of the molecule is N#Cc1cccc2sc3cccc(-c4cccc(-c5ccc(-c6nc(-c7ccccc7)nc(-n7c8ccccc8c8ccccc87)n6)cc5)c4)c3c12. The second kappa shape index (κ2) is 12.1. The summed E-state index contributed by atoms with van der Waals surface area (Å²) in [4.78, 5) is 15.2. The molecule has 0 saturated carbocycles. The molecule has 10 rings (SSSR count). The summed E-state index contributed by atoms with van der Waals surface area (Å²) in [6.07, 6.45) is 0. The largest absolute Gasteiger partial charge is 0.278 e. The fourth-order valence-electron chi connectivity index (χ4n) is 7.33. The minimum Gasteiger partial charge on any atom is -0.278 e. The highest BCUT2D eigenvalue weighted by Crippen LogP contribution is 2.42. The Hall–Kier alpha value is -6.94. The molecular weight excluding hydrogens is 655 g/mol. The molecule has 242 valence electrons. The molecular formula is C46H27N5S. The summed E-state index contributed by atoms with van der Waals surface area (Å²) in [5.74, 6) is 1.80. The minimum atomic E-state index is 0.577. The van der Waals surface area contributed by atoms with Gasteiger partial charge in [0.2, 0.25) is 5.95 Å². The van der Waals surface area contributed by atoms with Crippen LogP contribution < -0.4 is 0 Å². The fraction of sp³-hybridized carbons (Fsp3) is 0. The Bertz CT molecular complexity index is 2970. The first kappa shape index (κ1) is 29.9. The van der Waals surface area contributed by atoms with E-state index in [9.17, 15) is 5.26 Å². The first-order valence-corrected chi connectivity index (χ1v) is 17.9. The van der Waals surface area contributed by atoms with E-state index < -0.39 is 0 Å². The molecule has 0 unspecified atom stereocenters. The van der Waals surface area contributed by atoms with E-state index in [1.165, 1.54) is 4.70 Å². The number of aromatic nitrogens is 4. The highest BCUT2D eigenvalue weighted by molar-refractivity contribution is 7.26. The average molecular weight is 682 g/mol. The molecule has 0 fully saturated rings. The first-order chi connectivity index (χ1) is 25.7. The van der Waals surface area contributed by atoms with E-state index in [0.717, 1.165) is 70.7 Å². The smallest absolute Gasteiger partial charge is 0.238 e. The van der Waals surface area contributed by atoms with E-state index in [1.54, 1.807) is 11.3 Å².